The van der Waals surface area contributed by atoms with Gasteiger partial charge in [-0.3, -0.25) is 0 Å². The van der Waals surface area contributed by atoms with Crippen molar-refractivity contribution < 1.29 is 9.00 Å². The van der Waals surface area contributed by atoms with Crippen molar-refractivity contribution in [2.24, 2.45) is 4.03 Å². The molecule has 2 atom stereocenters. The summed E-state index contributed by atoms with van der Waals surface area (Å²) in [5.41, 5.74) is 5.81. The molecule has 3 aromatic rings. The number of rotatable bonds is 7. The van der Waals surface area contributed by atoms with Crippen LogP contribution in [0.2, 0.25) is 5.04 Å². The van der Waals surface area contributed by atoms with Gasteiger partial charge in [-0.2, -0.15) is 0 Å². The number of carbonyl (C=O) groups is 1. The van der Waals surface area contributed by atoms with E-state index in [9.17, 15) is 4.79 Å². The molecule has 232 valence electrons. The number of urea groups is 1. The Hall–Kier alpha value is -3.20. The van der Waals surface area contributed by atoms with Crippen molar-refractivity contribution in [1.29, 1.82) is 0 Å². The molecule has 1 heterocycles. The van der Waals surface area contributed by atoms with Crippen molar-refractivity contribution in [2.45, 2.75) is 89.6 Å². The minimum absolute atomic E-state index is 0.303. The summed E-state index contributed by atoms with van der Waals surface area (Å²) in [7, 11) is -6.54. The van der Waals surface area contributed by atoms with E-state index >= 15 is 4.21 Å². The average Bonchev–Trinajstić information content (AvgIpc) is 3.77. The monoisotopic (exact) mass is 626 g/mol. The maximum absolute atomic E-state index is 15.3. The molecule has 3 aromatic carbocycles. The summed E-state index contributed by atoms with van der Waals surface area (Å²) in [6, 6.07) is 22.4. The summed E-state index contributed by atoms with van der Waals surface area (Å²) in [5.74, 6) is 0. The minimum atomic E-state index is -3.40. The number of amides is 2. The Bertz CT molecular complexity index is 1610. The molecule has 1 aliphatic heterocycles. The molecule has 2 aliphatic carbocycles. The van der Waals surface area contributed by atoms with Gasteiger partial charge in [0.25, 0.3) is 8.24 Å². The lowest BCUT2D eigenvalue weighted by Crippen LogP contribution is -2.64. The number of anilines is 1. The minimum Gasteiger partial charge on any atom is -0.308 e. The van der Waals surface area contributed by atoms with Crippen LogP contribution in [-0.4, -0.2) is 30.6 Å². The predicted octanol–water partition coefficient (Wildman–Crippen LogP) is 6.38. The highest BCUT2D eigenvalue weighted by atomic mass is 32.2. The first kappa shape index (κ1) is 30.8. The van der Waals surface area contributed by atoms with E-state index in [1.165, 1.54) is 22.3 Å². The number of carbonyl (C=O) groups excluding carboxylic acids is 1. The third-order valence-electron chi connectivity index (χ3n) is 9.71. The highest BCUT2D eigenvalue weighted by Crippen LogP contribution is 2.40. The third-order valence-corrected chi connectivity index (χ3v) is 17.4. The molecule has 0 radical (unpaired) electrons. The number of hydrogen-bond donors (Lipinski definition) is 3. The average molecular weight is 627 g/mol. The second-order valence-corrected chi connectivity index (χ2v) is 20.3. The molecule has 3 N–H and O–H groups in total. The van der Waals surface area contributed by atoms with Crippen LogP contribution in [0.15, 0.2) is 82.2 Å². The maximum atomic E-state index is 15.3. The second kappa shape index (κ2) is 12.0. The van der Waals surface area contributed by atoms with Gasteiger partial charge < -0.3 is 10.6 Å². The molecule has 0 spiro atoms. The van der Waals surface area contributed by atoms with E-state index in [0.29, 0.717) is 0 Å². The molecule has 1 saturated heterocycles. The molecule has 3 aliphatic rings. The Morgan fingerprint density at radius 3 is 1.98 bits per heavy atom. The molecule has 0 bridgehead atoms. The highest BCUT2D eigenvalue weighted by Gasteiger charge is 2.50. The first-order chi connectivity index (χ1) is 21.0. The van der Waals surface area contributed by atoms with Crippen molar-refractivity contribution >= 4 is 40.2 Å². The summed E-state index contributed by atoms with van der Waals surface area (Å²) in [6.45, 7) is 9.58. The van der Waals surface area contributed by atoms with E-state index in [0.717, 1.165) is 74.0 Å². The van der Waals surface area contributed by atoms with Crippen LogP contribution in [0.5, 0.6) is 0 Å². The number of nitrogens with one attached hydrogen (secondary N) is 3. The molecule has 0 aromatic heterocycles. The van der Waals surface area contributed by atoms with Crippen LogP contribution in [0, 0.1) is 0 Å². The Morgan fingerprint density at radius 1 is 0.909 bits per heavy atom. The van der Waals surface area contributed by atoms with Gasteiger partial charge in [0.15, 0.2) is 0 Å². The smallest absolute Gasteiger partial charge is 0.308 e. The fourth-order valence-corrected chi connectivity index (χ4v) is 15.7. The van der Waals surface area contributed by atoms with Gasteiger partial charge in [-0.05, 0) is 103 Å². The number of hydrogen-bond acceptors (Lipinski definition) is 4. The summed E-state index contributed by atoms with van der Waals surface area (Å²) in [4.78, 5) is 14.0. The second-order valence-electron chi connectivity index (χ2n) is 13.9. The van der Waals surface area contributed by atoms with Gasteiger partial charge in [-0.1, -0.05) is 93.6 Å². The summed E-state index contributed by atoms with van der Waals surface area (Å²) >= 11 is 0. The summed E-state index contributed by atoms with van der Waals surface area (Å²) < 4.78 is 23.8. The van der Waals surface area contributed by atoms with Crippen LogP contribution in [0.25, 0.3) is 0 Å². The Labute approximate surface area is 264 Å². The Morgan fingerprint density at radius 2 is 1.48 bits per heavy atom. The first-order valence-electron chi connectivity index (χ1n) is 16.1. The first-order valence-corrected chi connectivity index (χ1v) is 19.6. The van der Waals surface area contributed by atoms with Crippen LogP contribution >= 0.6 is 0 Å². The molecule has 1 unspecified atom stereocenters. The topological polar surface area (TPSA) is 82.6 Å². The zero-order valence-electron chi connectivity index (χ0n) is 26.5. The van der Waals surface area contributed by atoms with Crippen molar-refractivity contribution in [3.63, 3.8) is 0 Å². The fraction of sp³-hybridized carbons (Fsp3) is 0.417. The van der Waals surface area contributed by atoms with Gasteiger partial charge in [0, 0.05) is 16.6 Å². The lowest BCUT2D eigenvalue weighted by Gasteiger charge is -2.40. The van der Waals surface area contributed by atoms with Gasteiger partial charge in [-0.15, -0.1) is 0 Å². The van der Waals surface area contributed by atoms with E-state index in [1.807, 2.05) is 42.5 Å². The van der Waals surface area contributed by atoms with Gasteiger partial charge in [-0.25, -0.2) is 17.8 Å². The van der Waals surface area contributed by atoms with Crippen molar-refractivity contribution in [3.05, 3.63) is 100 Å². The molecule has 6 rings (SSSR count). The fourth-order valence-electron chi connectivity index (χ4n) is 7.47. The van der Waals surface area contributed by atoms with Gasteiger partial charge in [0.2, 0.25) is 0 Å². The standard InChI is InChI=1S/C36H46N4O2SSi/c1-35(2,3)44(29-16-7-5-8-17-29,30-18-9-6-10-19-30)40-43(42,25-23-36(4)22-13-24-37-36)39-34(41)38-33-31-20-11-14-27(31)26-28-15-12-21-32(28)33/h5-10,16-19,23,25-26,37H,11-15,20-22,24H2,1-4H3,(H2,38,39,40,41,42)/b25-23+/t36-,43?/m0/s1. The van der Waals surface area contributed by atoms with Crippen molar-refractivity contribution in [2.75, 3.05) is 11.9 Å². The van der Waals surface area contributed by atoms with E-state index in [4.69, 9.17) is 4.03 Å². The van der Waals surface area contributed by atoms with E-state index in [1.54, 1.807) is 5.41 Å². The van der Waals surface area contributed by atoms with Gasteiger partial charge >= 0.3 is 6.03 Å². The highest BCUT2D eigenvalue weighted by molar-refractivity contribution is 7.96. The van der Waals surface area contributed by atoms with Crippen molar-refractivity contribution in [1.82, 2.24) is 10.0 Å². The molecule has 2 amide bonds. The largest absolute Gasteiger partial charge is 0.331 e. The van der Waals surface area contributed by atoms with Crippen molar-refractivity contribution in [3.8, 4) is 0 Å². The summed E-state index contributed by atoms with van der Waals surface area (Å²) in [5, 5.41) is 10.2. The lowest BCUT2D eigenvalue weighted by molar-refractivity contribution is 0.257. The number of nitrogens with zero attached hydrogens (tertiary/aromatic N) is 1. The molecular formula is C36H46N4O2SSi. The quantitative estimate of drug-likeness (QED) is 0.266. The normalized spacial score (nSPS) is 21.1. The Kier molecular flexibility index (Phi) is 8.37. The van der Waals surface area contributed by atoms with Crippen LogP contribution in [0.4, 0.5) is 10.5 Å². The van der Waals surface area contributed by atoms with Gasteiger partial charge in [0.1, 0.15) is 9.92 Å². The zero-order chi connectivity index (χ0) is 31.0. The van der Waals surface area contributed by atoms with Crippen LogP contribution in [0.3, 0.4) is 0 Å². The zero-order valence-corrected chi connectivity index (χ0v) is 28.4. The number of benzene rings is 3. The van der Waals surface area contributed by atoms with E-state index in [-0.39, 0.29) is 10.6 Å². The Balaban J connectivity index is 1.49. The summed E-state index contributed by atoms with van der Waals surface area (Å²) in [6.07, 6.45) is 10.2. The van der Waals surface area contributed by atoms with Crippen LogP contribution < -0.4 is 25.7 Å². The predicted molar refractivity (Wildman–Crippen MR) is 186 cm³/mol. The lowest BCUT2D eigenvalue weighted by atomic mass is 9.99. The third kappa shape index (κ3) is 5.92. The maximum Gasteiger partial charge on any atom is 0.331 e. The van der Waals surface area contributed by atoms with Crippen LogP contribution in [0.1, 0.15) is 75.6 Å². The molecule has 44 heavy (non-hydrogen) atoms. The molecule has 6 nitrogen and oxygen atoms in total. The van der Waals surface area contributed by atoms with Crippen LogP contribution in [-0.2, 0) is 35.6 Å². The number of aryl methyl sites for hydroxylation is 2. The van der Waals surface area contributed by atoms with E-state index in [2.05, 4.69) is 73.4 Å². The SMILES string of the molecule is CC(C)(C)[Si](N=S(=O)(/C=C/[C@]1(C)CCCN1)NC(=O)Nc1c2c(cc3c1CCC3)CCC2)(c1ccccc1)c1ccccc1. The molecular weight excluding hydrogens is 581 g/mol. The number of fused-ring (bicyclic) bond motifs is 2. The molecule has 1 fully saturated rings. The van der Waals surface area contributed by atoms with E-state index < -0.39 is 24.2 Å². The molecule has 0 saturated carbocycles. The molecule has 8 heteroatoms. The van der Waals surface area contributed by atoms with Gasteiger partial charge in [0.05, 0.1) is 0 Å².